The first kappa shape index (κ1) is 19.8. The summed E-state index contributed by atoms with van der Waals surface area (Å²) < 4.78 is 0. The molecular weight excluding hydrogens is 432 g/mol. The Morgan fingerprint density at radius 3 is 2.61 bits per heavy atom. The van der Waals surface area contributed by atoms with E-state index in [1.165, 1.54) is 11.3 Å². The van der Waals surface area contributed by atoms with Gasteiger partial charge in [-0.25, -0.2) is 4.98 Å². The van der Waals surface area contributed by atoms with Crippen molar-refractivity contribution in [1.82, 2.24) is 19.8 Å². The molecule has 33 heavy (non-hydrogen) atoms. The summed E-state index contributed by atoms with van der Waals surface area (Å²) in [5.41, 5.74) is 3.00. The summed E-state index contributed by atoms with van der Waals surface area (Å²) in [4.78, 5) is 39.9. The molecule has 0 bridgehead atoms. The van der Waals surface area contributed by atoms with E-state index in [2.05, 4.69) is 9.97 Å². The minimum Gasteiger partial charge on any atom is -0.309 e. The number of carbonyl (C=O) groups is 2. The standard InChI is InChI=1S/C26H20N4O2S/c31-24-21-11-5-4-7-18(21)15-26(20-9-2-1-3-10-20)29(24)13-14-30(26)25(32)22-17-33-23(28-22)19-8-6-12-27-16-19/h1-12,16-17H,13-15H2. The van der Waals surface area contributed by atoms with Gasteiger partial charge in [-0.15, -0.1) is 11.3 Å². The van der Waals surface area contributed by atoms with Crippen LogP contribution < -0.4 is 0 Å². The summed E-state index contributed by atoms with van der Waals surface area (Å²) in [6.07, 6.45) is 4.00. The van der Waals surface area contributed by atoms with Crippen LogP contribution in [-0.4, -0.2) is 44.7 Å². The number of hydrogen-bond acceptors (Lipinski definition) is 5. The van der Waals surface area contributed by atoms with E-state index < -0.39 is 5.66 Å². The zero-order valence-corrected chi connectivity index (χ0v) is 18.5. The van der Waals surface area contributed by atoms with Crippen molar-refractivity contribution in [3.8, 4) is 10.6 Å². The molecule has 2 amide bonds. The molecule has 2 aromatic carbocycles. The second kappa shape index (κ2) is 7.64. The highest BCUT2D eigenvalue weighted by Gasteiger charge is 2.55. The lowest BCUT2D eigenvalue weighted by Crippen LogP contribution is -2.58. The van der Waals surface area contributed by atoms with Gasteiger partial charge < -0.3 is 9.80 Å². The Morgan fingerprint density at radius 1 is 0.970 bits per heavy atom. The van der Waals surface area contributed by atoms with Crippen LogP contribution in [0.25, 0.3) is 10.6 Å². The zero-order valence-electron chi connectivity index (χ0n) is 17.7. The molecule has 0 spiro atoms. The molecule has 1 fully saturated rings. The lowest BCUT2D eigenvalue weighted by atomic mass is 9.83. The van der Waals surface area contributed by atoms with Crippen molar-refractivity contribution in [1.29, 1.82) is 0 Å². The topological polar surface area (TPSA) is 66.4 Å². The SMILES string of the molecule is O=C(c1csc(-c2cccnc2)n1)N1CCN2C(=O)c3ccccc3CC12c1ccccc1. The average molecular weight is 453 g/mol. The van der Waals surface area contributed by atoms with E-state index in [0.29, 0.717) is 30.8 Å². The minimum atomic E-state index is -0.873. The molecule has 0 N–H and O–H groups in total. The lowest BCUT2D eigenvalue weighted by Gasteiger charge is -2.47. The molecule has 4 heterocycles. The maximum absolute atomic E-state index is 13.9. The van der Waals surface area contributed by atoms with Crippen molar-refractivity contribution in [2.24, 2.45) is 0 Å². The fraction of sp³-hybridized carbons (Fsp3) is 0.154. The number of fused-ring (bicyclic) bond motifs is 2. The molecule has 2 aliphatic heterocycles. The van der Waals surface area contributed by atoms with Gasteiger partial charge in [-0.05, 0) is 29.3 Å². The van der Waals surface area contributed by atoms with Crippen LogP contribution in [0.2, 0.25) is 0 Å². The summed E-state index contributed by atoms with van der Waals surface area (Å²) in [6.45, 7) is 0.931. The quantitative estimate of drug-likeness (QED) is 0.467. The van der Waals surface area contributed by atoms with Gasteiger partial charge in [0.05, 0.1) is 0 Å². The van der Waals surface area contributed by atoms with Crippen LogP contribution in [0.15, 0.2) is 84.5 Å². The lowest BCUT2D eigenvalue weighted by molar-refractivity contribution is 0.00747. The Hall–Kier alpha value is -3.84. The van der Waals surface area contributed by atoms with E-state index in [1.807, 2.05) is 76.5 Å². The van der Waals surface area contributed by atoms with Gasteiger partial charge in [0.15, 0.2) is 0 Å². The number of rotatable bonds is 3. The van der Waals surface area contributed by atoms with Crippen molar-refractivity contribution < 1.29 is 9.59 Å². The van der Waals surface area contributed by atoms with E-state index in [-0.39, 0.29) is 11.8 Å². The van der Waals surface area contributed by atoms with Crippen molar-refractivity contribution in [3.05, 3.63) is 107 Å². The van der Waals surface area contributed by atoms with E-state index in [9.17, 15) is 9.59 Å². The summed E-state index contributed by atoms with van der Waals surface area (Å²) in [7, 11) is 0. The molecule has 7 heteroatoms. The first-order chi connectivity index (χ1) is 16.2. The predicted octanol–water partition coefficient (Wildman–Crippen LogP) is 4.21. The Balaban J connectivity index is 1.45. The van der Waals surface area contributed by atoms with Crippen LogP contribution in [0.1, 0.15) is 32.0 Å². The molecule has 2 aromatic heterocycles. The van der Waals surface area contributed by atoms with Crippen molar-refractivity contribution in [2.45, 2.75) is 12.1 Å². The zero-order chi connectivity index (χ0) is 22.4. The molecule has 2 aliphatic rings. The third-order valence-corrected chi connectivity index (χ3v) is 7.37. The summed E-state index contributed by atoms with van der Waals surface area (Å²) in [6, 6.07) is 21.3. The van der Waals surface area contributed by atoms with Crippen molar-refractivity contribution >= 4 is 23.2 Å². The van der Waals surface area contributed by atoms with Gasteiger partial charge >= 0.3 is 0 Å². The van der Waals surface area contributed by atoms with Crippen LogP contribution in [-0.2, 0) is 12.1 Å². The highest BCUT2D eigenvalue weighted by Crippen LogP contribution is 2.45. The van der Waals surface area contributed by atoms with Gasteiger partial charge in [0, 0.05) is 48.4 Å². The maximum Gasteiger partial charge on any atom is 0.275 e. The fourth-order valence-corrected chi connectivity index (χ4v) is 5.78. The number of nitrogens with zero attached hydrogens (tertiary/aromatic N) is 4. The molecule has 0 radical (unpaired) electrons. The monoisotopic (exact) mass is 452 g/mol. The highest BCUT2D eigenvalue weighted by molar-refractivity contribution is 7.13. The minimum absolute atomic E-state index is 0.0367. The maximum atomic E-state index is 13.9. The largest absolute Gasteiger partial charge is 0.309 e. The molecule has 6 nitrogen and oxygen atoms in total. The van der Waals surface area contributed by atoms with Crippen LogP contribution in [0.4, 0.5) is 0 Å². The fourth-order valence-electron chi connectivity index (χ4n) is 4.99. The third kappa shape index (κ3) is 3.00. The van der Waals surface area contributed by atoms with E-state index in [0.717, 1.165) is 21.7 Å². The first-order valence-corrected chi connectivity index (χ1v) is 11.7. The average Bonchev–Trinajstić information content (AvgIpc) is 3.51. The van der Waals surface area contributed by atoms with Crippen LogP contribution in [0, 0.1) is 0 Å². The van der Waals surface area contributed by atoms with Crippen LogP contribution in [0.5, 0.6) is 0 Å². The smallest absolute Gasteiger partial charge is 0.275 e. The van der Waals surface area contributed by atoms with E-state index >= 15 is 0 Å². The van der Waals surface area contributed by atoms with Crippen molar-refractivity contribution in [3.63, 3.8) is 0 Å². The number of aromatic nitrogens is 2. The molecule has 0 saturated carbocycles. The number of hydrogen-bond donors (Lipinski definition) is 0. The van der Waals surface area contributed by atoms with Crippen molar-refractivity contribution in [2.75, 3.05) is 13.1 Å². The Bertz CT molecular complexity index is 1350. The number of pyridine rings is 1. The first-order valence-electron chi connectivity index (χ1n) is 10.8. The molecule has 162 valence electrons. The predicted molar refractivity (Wildman–Crippen MR) is 126 cm³/mol. The number of benzene rings is 2. The second-order valence-corrected chi connectivity index (χ2v) is 9.07. The summed E-state index contributed by atoms with van der Waals surface area (Å²) in [5.74, 6) is -0.203. The Kier molecular flexibility index (Phi) is 4.58. The van der Waals surface area contributed by atoms with Crippen LogP contribution in [0.3, 0.4) is 0 Å². The molecule has 1 unspecified atom stereocenters. The molecule has 1 saturated heterocycles. The van der Waals surface area contributed by atoms with Gasteiger partial charge in [0.1, 0.15) is 16.4 Å². The van der Waals surface area contributed by atoms with E-state index in [4.69, 9.17) is 0 Å². The molecule has 4 aromatic rings. The number of carbonyl (C=O) groups excluding carboxylic acids is 2. The molecule has 0 aliphatic carbocycles. The van der Waals surface area contributed by atoms with Crippen LogP contribution >= 0.6 is 11.3 Å². The Labute approximate surface area is 195 Å². The van der Waals surface area contributed by atoms with Gasteiger partial charge in [-0.2, -0.15) is 0 Å². The summed E-state index contributed by atoms with van der Waals surface area (Å²) >= 11 is 1.42. The normalized spacial score (nSPS) is 19.3. The highest BCUT2D eigenvalue weighted by atomic mass is 32.1. The second-order valence-electron chi connectivity index (χ2n) is 8.21. The van der Waals surface area contributed by atoms with Gasteiger partial charge in [0.25, 0.3) is 11.8 Å². The third-order valence-electron chi connectivity index (χ3n) is 6.48. The number of thiazole rings is 1. The molecule has 1 atom stereocenters. The van der Waals surface area contributed by atoms with Gasteiger partial charge in [0.2, 0.25) is 0 Å². The molecule has 6 rings (SSSR count). The van der Waals surface area contributed by atoms with Gasteiger partial charge in [-0.3, -0.25) is 14.6 Å². The van der Waals surface area contributed by atoms with Gasteiger partial charge in [-0.1, -0.05) is 48.5 Å². The summed E-state index contributed by atoms with van der Waals surface area (Å²) in [5, 5.41) is 2.55. The number of amides is 2. The van der Waals surface area contributed by atoms with E-state index in [1.54, 1.807) is 17.8 Å². The molecular formula is C26H20N4O2S. The Morgan fingerprint density at radius 2 is 1.79 bits per heavy atom.